The van der Waals surface area contributed by atoms with Crippen molar-refractivity contribution in [2.75, 3.05) is 6.61 Å². The first-order chi connectivity index (χ1) is 4.91. The van der Waals surface area contributed by atoms with Crippen molar-refractivity contribution in [3.8, 4) is 0 Å². The quantitative estimate of drug-likeness (QED) is 0.329. The average molecular weight is 138 g/mol. The van der Waals surface area contributed by atoms with Crippen molar-refractivity contribution in [1.29, 1.82) is 0 Å². The first-order valence-electron chi connectivity index (χ1n) is 3.42. The molecular formula is C9H14O. The molecule has 0 rings (SSSR count). The maximum absolute atomic E-state index is 5.03. The molecule has 0 aliphatic heterocycles. The van der Waals surface area contributed by atoms with Crippen LogP contribution in [0.15, 0.2) is 36.6 Å². The molecule has 0 aromatic carbocycles. The van der Waals surface area contributed by atoms with Crippen molar-refractivity contribution in [2.45, 2.75) is 13.8 Å². The zero-order valence-electron chi connectivity index (χ0n) is 6.58. The van der Waals surface area contributed by atoms with Crippen LogP contribution in [0.4, 0.5) is 0 Å². The SMILES string of the molecule is C/C=C/C=C/CO/C=C/C. The average Bonchev–Trinajstić information content (AvgIpc) is 1.97. The maximum atomic E-state index is 5.03. The molecule has 0 N–H and O–H groups in total. The van der Waals surface area contributed by atoms with E-state index in [0.717, 1.165) is 0 Å². The van der Waals surface area contributed by atoms with Gasteiger partial charge in [-0.3, -0.25) is 0 Å². The van der Waals surface area contributed by atoms with Crippen molar-refractivity contribution in [3.63, 3.8) is 0 Å². The van der Waals surface area contributed by atoms with E-state index in [1.165, 1.54) is 0 Å². The fourth-order valence-electron chi connectivity index (χ4n) is 0.453. The van der Waals surface area contributed by atoms with E-state index < -0.39 is 0 Å². The lowest BCUT2D eigenvalue weighted by Crippen LogP contribution is -1.78. The summed E-state index contributed by atoms with van der Waals surface area (Å²) in [7, 11) is 0. The van der Waals surface area contributed by atoms with Gasteiger partial charge in [-0.15, -0.1) is 0 Å². The van der Waals surface area contributed by atoms with Crippen LogP contribution in [0.2, 0.25) is 0 Å². The lowest BCUT2D eigenvalue weighted by molar-refractivity contribution is 0.289. The van der Waals surface area contributed by atoms with Gasteiger partial charge in [0.15, 0.2) is 0 Å². The Labute approximate surface area is 62.7 Å². The topological polar surface area (TPSA) is 9.23 Å². The van der Waals surface area contributed by atoms with Crippen LogP contribution >= 0.6 is 0 Å². The molecule has 0 fully saturated rings. The highest BCUT2D eigenvalue weighted by Crippen LogP contribution is 1.80. The molecular weight excluding hydrogens is 124 g/mol. The zero-order valence-corrected chi connectivity index (χ0v) is 6.58. The van der Waals surface area contributed by atoms with Gasteiger partial charge in [0, 0.05) is 0 Å². The second-order valence-corrected chi connectivity index (χ2v) is 1.76. The molecule has 1 heteroatoms. The lowest BCUT2D eigenvalue weighted by atomic mass is 10.4. The lowest BCUT2D eigenvalue weighted by Gasteiger charge is -1.90. The molecule has 0 spiro atoms. The van der Waals surface area contributed by atoms with Crippen LogP contribution in [0.5, 0.6) is 0 Å². The van der Waals surface area contributed by atoms with Gasteiger partial charge in [0.05, 0.1) is 6.26 Å². The van der Waals surface area contributed by atoms with Crippen molar-refractivity contribution < 1.29 is 4.74 Å². The molecule has 0 heterocycles. The third-order valence-corrected chi connectivity index (χ3v) is 0.864. The van der Waals surface area contributed by atoms with Gasteiger partial charge in [-0.2, -0.15) is 0 Å². The first kappa shape index (κ1) is 9.02. The van der Waals surface area contributed by atoms with Crippen LogP contribution in [0.25, 0.3) is 0 Å². The molecule has 56 valence electrons. The van der Waals surface area contributed by atoms with Gasteiger partial charge in [0.1, 0.15) is 6.61 Å². The van der Waals surface area contributed by atoms with Crippen molar-refractivity contribution in [1.82, 2.24) is 0 Å². The fourth-order valence-corrected chi connectivity index (χ4v) is 0.453. The summed E-state index contributed by atoms with van der Waals surface area (Å²) in [5.41, 5.74) is 0. The van der Waals surface area contributed by atoms with Gasteiger partial charge in [-0.25, -0.2) is 0 Å². The molecule has 0 radical (unpaired) electrons. The Morgan fingerprint density at radius 3 is 2.50 bits per heavy atom. The molecule has 0 aromatic rings. The fraction of sp³-hybridized carbons (Fsp3) is 0.333. The summed E-state index contributed by atoms with van der Waals surface area (Å²) in [4.78, 5) is 0. The van der Waals surface area contributed by atoms with Crippen LogP contribution in [0.1, 0.15) is 13.8 Å². The van der Waals surface area contributed by atoms with Gasteiger partial charge in [-0.05, 0) is 19.9 Å². The number of hydrogen-bond acceptors (Lipinski definition) is 1. The summed E-state index contributed by atoms with van der Waals surface area (Å²) in [6, 6.07) is 0. The third kappa shape index (κ3) is 7.02. The highest BCUT2D eigenvalue weighted by Gasteiger charge is 1.69. The Morgan fingerprint density at radius 2 is 1.90 bits per heavy atom. The van der Waals surface area contributed by atoms with Crippen LogP contribution in [0.3, 0.4) is 0 Å². The molecule has 0 aliphatic rings. The number of allylic oxidation sites excluding steroid dienone is 4. The summed E-state index contributed by atoms with van der Waals surface area (Å²) in [5.74, 6) is 0. The van der Waals surface area contributed by atoms with Gasteiger partial charge < -0.3 is 4.74 Å². The van der Waals surface area contributed by atoms with Crippen molar-refractivity contribution >= 4 is 0 Å². The molecule has 1 nitrogen and oxygen atoms in total. The van der Waals surface area contributed by atoms with Crippen molar-refractivity contribution in [2.24, 2.45) is 0 Å². The van der Waals surface area contributed by atoms with E-state index >= 15 is 0 Å². The molecule has 0 saturated heterocycles. The van der Waals surface area contributed by atoms with Crippen molar-refractivity contribution in [3.05, 3.63) is 36.6 Å². The van der Waals surface area contributed by atoms with E-state index in [0.29, 0.717) is 6.61 Å². The minimum atomic E-state index is 0.648. The number of rotatable bonds is 4. The standard InChI is InChI=1S/C9H14O/c1-3-5-6-7-9-10-8-4-2/h3-8H,9H2,1-2H3/b5-3+,7-6+,8-4+. The number of hydrogen-bond donors (Lipinski definition) is 0. The normalized spacial score (nSPS) is 12.2. The second-order valence-electron chi connectivity index (χ2n) is 1.76. The van der Waals surface area contributed by atoms with Crippen LogP contribution in [0, 0.1) is 0 Å². The predicted molar refractivity (Wildman–Crippen MR) is 44.7 cm³/mol. The second kappa shape index (κ2) is 8.02. The van der Waals surface area contributed by atoms with Gasteiger partial charge in [-0.1, -0.05) is 24.3 Å². The van der Waals surface area contributed by atoms with Crippen LogP contribution < -0.4 is 0 Å². The van der Waals surface area contributed by atoms with E-state index in [4.69, 9.17) is 4.74 Å². The van der Waals surface area contributed by atoms with Crippen LogP contribution in [-0.2, 0) is 4.74 Å². The largest absolute Gasteiger partial charge is 0.497 e. The Morgan fingerprint density at radius 1 is 1.10 bits per heavy atom. The Balaban J connectivity index is 3.18. The van der Waals surface area contributed by atoms with Gasteiger partial charge >= 0.3 is 0 Å². The maximum Gasteiger partial charge on any atom is 0.106 e. The van der Waals surface area contributed by atoms with E-state index in [1.54, 1.807) is 6.26 Å². The van der Waals surface area contributed by atoms with E-state index in [9.17, 15) is 0 Å². The summed E-state index contributed by atoms with van der Waals surface area (Å²) in [6.07, 6.45) is 11.4. The van der Waals surface area contributed by atoms with E-state index in [-0.39, 0.29) is 0 Å². The summed E-state index contributed by atoms with van der Waals surface area (Å²) in [6.45, 7) is 4.56. The first-order valence-corrected chi connectivity index (χ1v) is 3.42. The molecule has 0 bridgehead atoms. The number of ether oxygens (including phenoxy) is 1. The molecule has 0 aromatic heterocycles. The summed E-state index contributed by atoms with van der Waals surface area (Å²) >= 11 is 0. The Hall–Kier alpha value is -0.980. The monoisotopic (exact) mass is 138 g/mol. The highest BCUT2D eigenvalue weighted by molar-refractivity contribution is 5.01. The van der Waals surface area contributed by atoms with E-state index in [2.05, 4.69) is 0 Å². The smallest absolute Gasteiger partial charge is 0.106 e. The summed E-state index contributed by atoms with van der Waals surface area (Å²) < 4.78 is 5.03. The van der Waals surface area contributed by atoms with Gasteiger partial charge in [0.25, 0.3) is 0 Å². The van der Waals surface area contributed by atoms with Gasteiger partial charge in [0.2, 0.25) is 0 Å². The molecule has 0 aliphatic carbocycles. The van der Waals surface area contributed by atoms with Crippen LogP contribution in [-0.4, -0.2) is 6.61 Å². The van der Waals surface area contributed by atoms with E-state index in [1.807, 2.05) is 44.2 Å². The third-order valence-electron chi connectivity index (χ3n) is 0.864. The minimum absolute atomic E-state index is 0.648. The minimum Gasteiger partial charge on any atom is -0.497 e. The Bertz CT molecular complexity index is 132. The molecule has 0 saturated carbocycles. The molecule has 0 atom stereocenters. The zero-order chi connectivity index (χ0) is 7.66. The molecule has 10 heavy (non-hydrogen) atoms. The Kier molecular flexibility index (Phi) is 7.23. The molecule has 0 amide bonds. The predicted octanol–water partition coefficient (Wildman–Crippen LogP) is 2.67. The summed E-state index contributed by atoms with van der Waals surface area (Å²) in [5, 5.41) is 0. The highest BCUT2D eigenvalue weighted by atomic mass is 16.5. The molecule has 0 unspecified atom stereocenters.